The van der Waals surface area contributed by atoms with Crippen LogP contribution in [0.25, 0.3) is 16.6 Å². The Morgan fingerprint density at radius 1 is 0.971 bits per heavy atom. The number of carbonyl (C=O) groups excluding carboxylic acids is 1. The number of hydrogen-bond acceptors (Lipinski definition) is 6. The summed E-state index contributed by atoms with van der Waals surface area (Å²) in [4.78, 5) is 32.2. The molecule has 0 atom stereocenters. The number of rotatable bonds is 7. The van der Waals surface area contributed by atoms with Gasteiger partial charge >= 0.3 is 0 Å². The molecule has 0 unspecified atom stereocenters. The highest BCUT2D eigenvalue weighted by Crippen LogP contribution is 2.23. The summed E-state index contributed by atoms with van der Waals surface area (Å²) in [5.74, 6) is -0.839. The molecule has 0 bridgehead atoms. The second kappa shape index (κ2) is 10.2. The molecule has 0 saturated carbocycles. The van der Waals surface area contributed by atoms with E-state index in [0.29, 0.717) is 26.6 Å². The molecule has 34 heavy (non-hydrogen) atoms. The van der Waals surface area contributed by atoms with Gasteiger partial charge in [-0.05, 0) is 54.6 Å². The molecule has 1 amide bonds. The summed E-state index contributed by atoms with van der Waals surface area (Å²) in [5, 5.41) is 1.43. The van der Waals surface area contributed by atoms with E-state index in [9.17, 15) is 18.0 Å². The Kier molecular flexibility index (Phi) is 7.24. The van der Waals surface area contributed by atoms with Crippen LogP contribution in [0.3, 0.4) is 0 Å². The number of thioether (sulfide) groups is 1. The van der Waals surface area contributed by atoms with Gasteiger partial charge in [-0.3, -0.25) is 19.6 Å². The van der Waals surface area contributed by atoms with Gasteiger partial charge in [0.2, 0.25) is 5.91 Å². The lowest BCUT2D eigenvalue weighted by atomic mass is 10.2. The van der Waals surface area contributed by atoms with Crippen molar-refractivity contribution in [3.05, 3.63) is 93.2 Å². The minimum atomic E-state index is -3.92. The van der Waals surface area contributed by atoms with Gasteiger partial charge in [-0.2, -0.15) is 0 Å². The quantitative estimate of drug-likeness (QED) is 0.212. The molecule has 8 nitrogen and oxygen atoms in total. The molecule has 12 heteroatoms. The number of benzene rings is 3. The lowest BCUT2D eigenvalue weighted by Crippen LogP contribution is -2.42. The van der Waals surface area contributed by atoms with Gasteiger partial charge in [-0.15, -0.1) is 4.83 Å². The van der Waals surface area contributed by atoms with Crippen LogP contribution in [0.2, 0.25) is 10.0 Å². The van der Waals surface area contributed by atoms with Crippen LogP contribution in [-0.2, 0) is 14.8 Å². The van der Waals surface area contributed by atoms with Crippen molar-refractivity contribution in [2.45, 2.75) is 10.1 Å². The number of nitrogens with zero attached hydrogens (tertiary/aromatic N) is 2. The standard InChI is InChI=1S/C22H16Cl2N4O4S2/c23-14-6-9-16(10-7-14)28-21(30)18-12-15(24)8-11-19(18)25-22(28)33-13-20(29)26-27-34(31,32)17-4-2-1-3-5-17/h1-12,27H,13H2,(H,26,29). The second-order valence-corrected chi connectivity index (χ2v) is 10.4. The fourth-order valence-electron chi connectivity index (χ4n) is 3.00. The lowest BCUT2D eigenvalue weighted by molar-refractivity contribution is -0.119. The monoisotopic (exact) mass is 534 g/mol. The van der Waals surface area contributed by atoms with Crippen LogP contribution in [0.4, 0.5) is 0 Å². The van der Waals surface area contributed by atoms with Gasteiger partial charge in [0.25, 0.3) is 15.6 Å². The number of aromatic nitrogens is 2. The summed E-state index contributed by atoms with van der Waals surface area (Å²) in [6.07, 6.45) is 0. The highest BCUT2D eigenvalue weighted by Gasteiger charge is 2.17. The minimum Gasteiger partial charge on any atom is -0.277 e. The molecule has 0 aliphatic carbocycles. The first kappa shape index (κ1) is 24.2. The lowest BCUT2D eigenvalue weighted by Gasteiger charge is -2.14. The molecule has 1 heterocycles. The first-order chi connectivity index (χ1) is 16.2. The van der Waals surface area contributed by atoms with E-state index in [1.54, 1.807) is 54.6 Å². The maximum Gasteiger partial charge on any atom is 0.266 e. The number of fused-ring (bicyclic) bond motifs is 1. The SMILES string of the molecule is O=C(CSc1nc2ccc(Cl)cc2c(=O)n1-c1ccc(Cl)cc1)NNS(=O)(=O)c1ccccc1. The molecule has 4 aromatic rings. The molecular formula is C22H16Cl2N4O4S2. The van der Waals surface area contributed by atoms with Gasteiger partial charge < -0.3 is 0 Å². The molecule has 0 saturated heterocycles. The Hall–Kier alpha value is -2.89. The van der Waals surface area contributed by atoms with Gasteiger partial charge in [0.05, 0.1) is 27.2 Å². The summed E-state index contributed by atoms with van der Waals surface area (Å²) in [5.41, 5.74) is 2.70. The van der Waals surface area contributed by atoms with Crippen molar-refractivity contribution in [3.8, 4) is 5.69 Å². The van der Waals surface area contributed by atoms with E-state index < -0.39 is 15.9 Å². The third-order valence-electron chi connectivity index (χ3n) is 4.59. The number of nitrogens with one attached hydrogen (secondary N) is 2. The smallest absolute Gasteiger partial charge is 0.266 e. The largest absolute Gasteiger partial charge is 0.277 e. The van der Waals surface area contributed by atoms with Crippen LogP contribution in [0, 0.1) is 0 Å². The van der Waals surface area contributed by atoms with Crippen LogP contribution in [0.5, 0.6) is 0 Å². The van der Waals surface area contributed by atoms with Crippen LogP contribution in [-0.4, -0.2) is 29.6 Å². The molecule has 0 fully saturated rings. The predicted molar refractivity (Wildman–Crippen MR) is 133 cm³/mol. The minimum absolute atomic E-state index is 0.00869. The Bertz CT molecular complexity index is 1530. The Balaban J connectivity index is 1.59. The Labute approximate surface area is 208 Å². The van der Waals surface area contributed by atoms with E-state index in [1.165, 1.54) is 22.8 Å². The van der Waals surface area contributed by atoms with E-state index >= 15 is 0 Å². The molecule has 0 spiro atoms. The molecule has 4 rings (SSSR count). The number of amides is 1. The van der Waals surface area contributed by atoms with E-state index in [2.05, 4.69) is 15.2 Å². The topological polar surface area (TPSA) is 110 Å². The highest BCUT2D eigenvalue weighted by atomic mass is 35.5. The summed E-state index contributed by atoms with van der Waals surface area (Å²) in [7, 11) is -3.92. The zero-order valence-electron chi connectivity index (χ0n) is 17.2. The fraction of sp³-hybridized carbons (Fsp3) is 0.0455. The Morgan fingerprint density at radius 3 is 2.35 bits per heavy atom. The number of halogens is 2. The molecule has 0 radical (unpaired) electrons. The first-order valence-electron chi connectivity index (χ1n) is 9.71. The number of carbonyl (C=O) groups is 1. The van der Waals surface area contributed by atoms with Crippen LogP contribution < -0.4 is 15.8 Å². The number of sulfonamides is 1. The van der Waals surface area contributed by atoms with Crippen molar-refractivity contribution >= 4 is 61.8 Å². The van der Waals surface area contributed by atoms with Gasteiger partial charge in [0.15, 0.2) is 5.16 Å². The normalized spacial score (nSPS) is 11.5. The van der Waals surface area contributed by atoms with Crippen molar-refractivity contribution in [2.75, 3.05) is 5.75 Å². The first-order valence-corrected chi connectivity index (χ1v) is 12.9. The van der Waals surface area contributed by atoms with Crippen molar-refractivity contribution in [2.24, 2.45) is 0 Å². The molecule has 2 N–H and O–H groups in total. The molecular weight excluding hydrogens is 519 g/mol. The van der Waals surface area contributed by atoms with Crippen molar-refractivity contribution in [3.63, 3.8) is 0 Å². The van der Waals surface area contributed by atoms with Gasteiger partial charge in [0.1, 0.15) is 0 Å². The van der Waals surface area contributed by atoms with E-state index in [-0.39, 0.29) is 21.4 Å². The number of hydrogen-bond donors (Lipinski definition) is 2. The molecule has 3 aromatic carbocycles. The third kappa shape index (κ3) is 5.43. The molecule has 174 valence electrons. The van der Waals surface area contributed by atoms with E-state index in [4.69, 9.17) is 23.2 Å². The summed E-state index contributed by atoms with van der Waals surface area (Å²) in [6, 6.07) is 18.9. The average molecular weight is 535 g/mol. The summed E-state index contributed by atoms with van der Waals surface area (Å²) >= 11 is 13.0. The van der Waals surface area contributed by atoms with Gasteiger partial charge in [-0.25, -0.2) is 13.4 Å². The third-order valence-corrected chi connectivity index (χ3v) is 7.28. The average Bonchev–Trinajstić information content (AvgIpc) is 2.83. The second-order valence-electron chi connectivity index (χ2n) is 6.93. The number of hydrazine groups is 1. The van der Waals surface area contributed by atoms with E-state index in [0.717, 1.165) is 11.8 Å². The van der Waals surface area contributed by atoms with Crippen LogP contribution in [0.1, 0.15) is 0 Å². The van der Waals surface area contributed by atoms with Crippen molar-refractivity contribution < 1.29 is 13.2 Å². The Morgan fingerprint density at radius 2 is 1.65 bits per heavy atom. The predicted octanol–water partition coefficient (Wildman–Crippen LogP) is 3.79. The molecule has 1 aromatic heterocycles. The van der Waals surface area contributed by atoms with Gasteiger partial charge in [0, 0.05) is 10.0 Å². The van der Waals surface area contributed by atoms with Crippen LogP contribution in [0.15, 0.2) is 87.6 Å². The maximum absolute atomic E-state index is 13.3. The molecule has 0 aliphatic rings. The van der Waals surface area contributed by atoms with Gasteiger partial charge in [-0.1, -0.05) is 53.2 Å². The summed E-state index contributed by atoms with van der Waals surface area (Å²) in [6.45, 7) is 0. The zero-order chi connectivity index (χ0) is 24.3. The highest BCUT2D eigenvalue weighted by molar-refractivity contribution is 7.99. The maximum atomic E-state index is 13.3. The van der Waals surface area contributed by atoms with Crippen molar-refractivity contribution in [1.29, 1.82) is 0 Å². The molecule has 0 aliphatic heterocycles. The van der Waals surface area contributed by atoms with E-state index in [1.807, 2.05) is 0 Å². The fourth-order valence-corrected chi connectivity index (χ4v) is 4.99. The summed E-state index contributed by atoms with van der Waals surface area (Å²) < 4.78 is 25.9. The zero-order valence-corrected chi connectivity index (χ0v) is 20.4. The van der Waals surface area contributed by atoms with Crippen LogP contribution >= 0.6 is 35.0 Å². The van der Waals surface area contributed by atoms with Crippen molar-refractivity contribution in [1.82, 2.24) is 19.8 Å².